The van der Waals surface area contributed by atoms with E-state index in [0.29, 0.717) is 34.8 Å². The molecule has 4 rings (SSSR count). The number of amides is 1. The van der Waals surface area contributed by atoms with Gasteiger partial charge in [0.2, 0.25) is 5.91 Å². The molecule has 3 aromatic carbocycles. The molecule has 1 heterocycles. The number of hydrogen-bond donors (Lipinski definition) is 0. The number of hydrazone groups is 1. The van der Waals surface area contributed by atoms with Crippen LogP contribution in [0.15, 0.2) is 71.8 Å². The highest BCUT2D eigenvalue weighted by Gasteiger charge is 2.33. The largest absolute Gasteiger partial charge is 0.497 e. The van der Waals surface area contributed by atoms with Crippen molar-refractivity contribution in [1.29, 1.82) is 0 Å². The average molecular weight is 459 g/mol. The molecule has 34 heavy (non-hydrogen) atoms. The summed E-state index contributed by atoms with van der Waals surface area (Å²) in [5, 5.41) is 6.07. The van der Waals surface area contributed by atoms with Crippen LogP contribution in [0.5, 0.6) is 17.2 Å². The van der Waals surface area contributed by atoms with Gasteiger partial charge in [-0.15, -0.1) is 0 Å². The Labute approximate surface area is 198 Å². The fraction of sp³-hybridized carbons (Fsp3) is 0.222. The molecular formula is C27H26N2O5. The summed E-state index contributed by atoms with van der Waals surface area (Å²) in [6.07, 6.45) is 0.466. The molecule has 7 nitrogen and oxygen atoms in total. The SMILES string of the molecule is COc1ccc([C@H]2CC(c3ccc(OC)cc3OC(=O)c3ccc(C)cc3)=NN2C(C)=O)cc1. The summed E-state index contributed by atoms with van der Waals surface area (Å²) in [6.45, 7) is 3.43. The van der Waals surface area contributed by atoms with Gasteiger partial charge in [0.05, 0.1) is 31.5 Å². The highest BCUT2D eigenvalue weighted by atomic mass is 16.5. The molecule has 0 fully saturated rings. The minimum Gasteiger partial charge on any atom is -0.497 e. The fourth-order valence-corrected chi connectivity index (χ4v) is 3.85. The van der Waals surface area contributed by atoms with Gasteiger partial charge >= 0.3 is 5.97 Å². The van der Waals surface area contributed by atoms with E-state index >= 15 is 0 Å². The van der Waals surface area contributed by atoms with Crippen molar-refractivity contribution in [3.63, 3.8) is 0 Å². The molecular weight excluding hydrogens is 432 g/mol. The first-order chi connectivity index (χ1) is 16.4. The Balaban J connectivity index is 1.67. The standard InChI is InChI=1S/C27H26N2O5/c1-17-5-7-20(8-6-17)27(31)34-26-15-22(33-4)13-14-23(26)24-16-25(29(28-24)18(2)30)19-9-11-21(32-3)12-10-19/h5-15,25H,16H2,1-4H3/t25-/m1/s1. The number of hydrogen-bond acceptors (Lipinski definition) is 6. The van der Waals surface area contributed by atoms with Crippen LogP contribution in [0.4, 0.5) is 0 Å². The molecule has 0 N–H and O–H groups in total. The lowest BCUT2D eigenvalue weighted by Gasteiger charge is -2.20. The third-order valence-corrected chi connectivity index (χ3v) is 5.72. The number of methoxy groups -OCH3 is 2. The van der Waals surface area contributed by atoms with Crippen LogP contribution in [0.1, 0.15) is 46.4 Å². The lowest BCUT2D eigenvalue weighted by Crippen LogP contribution is -2.24. The summed E-state index contributed by atoms with van der Waals surface area (Å²) < 4.78 is 16.4. The zero-order valence-electron chi connectivity index (χ0n) is 19.6. The number of rotatable bonds is 6. The predicted molar refractivity (Wildman–Crippen MR) is 129 cm³/mol. The van der Waals surface area contributed by atoms with Crippen LogP contribution in [0, 0.1) is 6.92 Å². The lowest BCUT2D eigenvalue weighted by atomic mass is 9.97. The molecule has 0 saturated carbocycles. The molecule has 1 atom stereocenters. The number of ether oxygens (including phenoxy) is 3. The van der Waals surface area contributed by atoms with Gasteiger partial charge in [-0.05, 0) is 48.9 Å². The molecule has 0 aliphatic carbocycles. The van der Waals surface area contributed by atoms with E-state index in [4.69, 9.17) is 14.2 Å². The minimum absolute atomic E-state index is 0.178. The highest BCUT2D eigenvalue weighted by Crippen LogP contribution is 2.37. The summed E-state index contributed by atoms with van der Waals surface area (Å²) in [5.74, 6) is 0.940. The number of nitrogens with zero attached hydrogens (tertiary/aromatic N) is 2. The van der Waals surface area contributed by atoms with Crippen LogP contribution in [-0.4, -0.2) is 36.8 Å². The maximum absolute atomic E-state index is 12.8. The molecule has 0 spiro atoms. The van der Waals surface area contributed by atoms with Crippen molar-refractivity contribution in [2.24, 2.45) is 5.10 Å². The smallest absolute Gasteiger partial charge is 0.343 e. The molecule has 174 valence electrons. The maximum atomic E-state index is 12.8. The van der Waals surface area contributed by atoms with Crippen molar-refractivity contribution in [3.8, 4) is 17.2 Å². The van der Waals surface area contributed by atoms with Crippen molar-refractivity contribution in [3.05, 3.63) is 89.0 Å². The first-order valence-corrected chi connectivity index (χ1v) is 10.9. The predicted octanol–water partition coefficient (Wildman–Crippen LogP) is 4.93. The third kappa shape index (κ3) is 4.78. The molecule has 0 radical (unpaired) electrons. The molecule has 7 heteroatoms. The number of carbonyl (C=O) groups is 2. The van der Waals surface area contributed by atoms with Gasteiger partial charge in [0.25, 0.3) is 0 Å². The van der Waals surface area contributed by atoms with Crippen LogP contribution in [0.3, 0.4) is 0 Å². The first kappa shape index (κ1) is 23.0. The van der Waals surface area contributed by atoms with Crippen molar-refractivity contribution in [2.45, 2.75) is 26.3 Å². The van der Waals surface area contributed by atoms with Crippen molar-refractivity contribution >= 4 is 17.6 Å². The summed E-state index contributed by atoms with van der Waals surface area (Å²) in [6, 6.07) is 19.7. The molecule has 3 aromatic rings. The van der Waals surface area contributed by atoms with Crippen LogP contribution < -0.4 is 14.2 Å². The second-order valence-electron chi connectivity index (χ2n) is 8.02. The van der Waals surface area contributed by atoms with E-state index in [-0.39, 0.29) is 11.9 Å². The van der Waals surface area contributed by atoms with Crippen LogP contribution in [0.2, 0.25) is 0 Å². The molecule has 0 saturated heterocycles. The summed E-state index contributed by atoms with van der Waals surface area (Å²) in [4.78, 5) is 25.2. The highest BCUT2D eigenvalue weighted by molar-refractivity contribution is 6.06. The van der Waals surface area contributed by atoms with Crippen LogP contribution in [0.25, 0.3) is 0 Å². The Morgan fingerprint density at radius 2 is 1.56 bits per heavy atom. The van der Waals surface area contributed by atoms with Gasteiger partial charge in [-0.3, -0.25) is 4.79 Å². The third-order valence-electron chi connectivity index (χ3n) is 5.72. The Kier molecular flexibility index (Phi) is 6.63. The van der Waals surface area contributed by atoms with E-state index in [2.05, 4.69) is 5.10 Å². The monoisotopic (exact) mass is 458 g/mol. The molecule has 1 amide bonds. The van der Waals surface area contributed by atoms with E-state index in [1.54, 1.807) is 44.6 Å². The fourth-order valence-electron chi connectivity index (χ4n) is 3.85. The Morgan fingerprint density at radius 1 is 0.912 bits per heavy atom. The zero-order valence-corrected chi connectivity index (χ0v) is 19.6. The van der Waals surface area contributed by atoms with Gasteiger partial charge in [0.1, 0.15) is 17.2 Å². The molecule has 0 unspecified atom stereocenters. The summed E-state index contributed by atoms with van der Waals surface area (Å²) >= 11 is 0. The van der Waals surface area contributed by atoms with Gasteiger partial charge in [-0.2, -0.15) is 5.10 Å². The van der Waals surface area contributed by atoms with E-state index in [0.717, 1.165) is 16.9 Å². The minimum atomic E-state index is -0.483. The van der Waals surface area contributed by atoms with Crippen molar-refractivity contribution in [1.82, 2.24) is 5.01 Å². The van der Waals surface area contributed by atoms with Gasteiger partial charge < -0.3 is 14.2 Å². The molecule has 1 aliphatic heterocycles. The Bertz CT molecular complexity index is 1230. The molecule has 0 aromatic heterocycles. The van der Waals surface area contributed by atoms with E-state index < -0.39 is 5.97 Å². The number of benzene rings is 3. The second-order valence-corrected chi connectivity index (χ2v) is 8.02. The number of carbonyl (C=O) groups excluding carboxylic acids is 2. The summed E-state index contributed by atoms with van der Waals surface area (Å²) in [5.41, 5.74) is 3.69. The van der Waals surface area contributed by atoms with Gasteiger partial charge in [0.15, 0.2) is 0 Å². The van der Waals surface area contributed by atoms with E-state index in [1.807, 2.05) is 43.3 Å². The maximum Gasteiger partial charge on any atom is 0.343 e. The Hall–Kier alpha value is -4.13. The van der Waals surface area contributed by atoms with E-state index in [1.165, 1.54) is 11.9 Å². The van der Waals surface area contributed by atoms with Gasteiger partial charge in [0, 0.05) is 25.0 Å². The van der Waals surface area contributed by atoms with Crippen LogP contribution >= 0.6 is 0 Å². The quantitative estimate of drug-likeness (QED) is 0.387. The van der Waals surface area contributed by atoms with Gasteiger partial charge in [-0.25, -0.2) is 9.80 Å². The first-order valence-electron chi connectivity index (χ1n) is 10.9. The lowest BCUT2D eigenvalue weighted by molar-refractivity contribution is -0.130. The second kappa shape index (κ2) is 9.79. The normalized spacial score (nSPS) is 15.0. The van der Waals surface area contributed by atoms with Crippen molar-refractivity contribution < 1.29 is 23.8 Å². The van der Waals surface area contributed by atoms with Gasteiger partial charge in [-0.1, -0.05) is 29.8 Å². The average Bonchev–Trinajstić information content (AvgIpc) is 3.30. The zero-order chi connectivity index (χ0) is 24.2. The number of aryl methyl sites for hydroxylation is 1. The topological polar surface area (TPSA) is 77.4 Å². The van der Waals surface area contributed by atoms with E-state index in [9.17, 15) is 9.59 Å². The molecule has 1 aliphatic rings. The Morgan fingerprint density at radius 3 is 2.18 bits per heavy atom. The summed E-state index contributed by atoms with van der Waals surface area (Å²) in [7, 11) is 3.15. The van der Waals surface area contributed by atoms with Crippen molar-refractivity contribution in [2.75, 3.05) is 14.2 Å². The number of esters is 1. The molecule has 0 bridgehead atoms. The van der Waals surface area contributed by atoms with Crippen LogP contribution in [-0.2, 0) is 4.79 Å².